The van der Waals surface area contributed by atoms with E-state index in [1.807, 2.05) is 91.0 Å². The highest BCUT2D eigenvalue weighted by molar-refractivity contribution is 5.75. The number of carbonyl (C=O) groups is 1. The molecule has 0 spiro atoms. The first-order valence-corrected chi connectivity index (χ1v) is 56.7. The van der Waals surface area contributed by atoms with Crippen molar-refractivity contribution in [2.75, 3.05) is 0 Å². The van der Waals surface area contributed by atoms with Crippen LogP contribution in [-0.2, 0) is 25.4 Å². The number of carbonyl (C=O) groups excluding carboxylic acids is 1. The molecule has 0 amide bonds. The van der Waals surface area contributed by atoms with Gasteiger partial charge in [-0.1, -0.05) is 212 Å². The van der Waals surface area contributed by atoms with Crippen molar-refractivity contribution in [3.05, 3.63) is 245 Å². The van der Waals surface area contributed by atoms with Gasteiger partial charge < -0.3 is 48.5 Å². The van der Waals surface area contributed by atoms with Gasteiger partial charge in [-0.05, 0) is 479 Å². The Morgan fingerprint density at radius 1 is 0.286 bits per heavy atom. The number of benzene rings is 8. The van der Waals surface area contributed by atoms with Crippen LogP contribution in [0.1, 0.15) is 420 Å². The summed E-state index contributed by atoms with van der Waals surface area (Å²) in [6.45, 7) is 31.1. The molecule has 0 saturated heterocycles. The van der Waals surface area contributed by atoms with E-state index in [0.29, 0.717) is 83.1 Å². The van der Waals surface area contributed by atoms with Gasteiger partial charge in [-0.15, -0.1) is 0 Å². The Morgan fingerprint density at radius 3 is 0.836 bits per heavy atom. The molecule has 16 atom stereocenters. The van der Waals surface area contributed by atoms with Gasteiger partial charge in [-0.25, -0.2) is 0 Å². The van der Waals surface area contributed by atoms with E-state index in [4.69, 9.17) is 48.5 Å². The monoisotopic (exact) mass is 1900 g/mol. The van der Waals surface area contributed by atoms with E-state index in [1.54, 1.807) is 36.4 Å². The van der Waals surface area contributed by atoms with E-state index in [-0.39, 0.29) is 46.7 Å². The molecular formula is C129H178O11. The summed E-state index contributed by atoms with van der Waals surface area (Å²) in [5, 5.41) is 27.0. The highest BCUT2D eigenvalue weighted by Gasteiger charge is 2.61. The minimum absolute atomic E-state index is 0.0373. The number of hydrogen-bond acceptors (Lipinski definition) is 11. The quantitative estimate of drug-likeness (QED) is 0.0211. The van der Waals surface area contributed by atoms with Crippen LogP contribution in [0, 0.1) is 87.3 Å². The largest absolute Gasteiger partial charge is 0.508 e. The number of phenols is 3. The number of hydrogen-bond donors (Lipinski definition) is 3. The Hall–Kier alpha value is -8.09. The van der Waals surface area contributed by atoms with Crippen LogP contribution < -0.4 is 18.9 Å². The summed E-state index contributed by atoms with van der Waals surface area (Å²) in [5.41, 5.74) is 11.3. The fraction of sp³-hybridized carbons (Fsp3) is 0.620. The lowest BCUT2D eigenvalue weighted by molar-refractivity contribution is -0.265. The number of aromatic hydroxyl groups is 3. The van der Waals surface area contributed by atoms with E-state index >= 15 is 0 Å². The molecule has 8 aromatic rings. The summed E-state index contributed by atoms with van der Waals surface area (Å²) in [6.07, 6.45) is 50.3. The smallest absolute Gasteiger partial charge is 0.315 e. The van der Waals surface area contributed by atoms with Crippen molar-refractivity contribution in [3.63, 3.8) is 0 Å². The Balaban J connectivity index is 0.000000122. The maximum atomic E-state index is 11.8. The van der Waals surface area contributed by atoms with Gasteiger partial charge >= 0.3 is 5.97 Å². The predicted molar refractivity (Wildman–Crippen MR) is 571 cm³/mol. The van der Waals surface area contributed by atoms with Gasteiger partial charge in [-0.3, -0.25) is 4.79 Å². The molecule has 16 aliphatic carbocycles. The van der Waals surface area contributed by atoms with Gasteiger partial charge in [0.05, 0.1) is 24.2 Å². The molecule has 11 nitrogen and oxygen atoms in total. The standard InChI is InChI=1S/2C28H40O2.C25H36O2.C18H20O2.3C10H14O/c1-3-19(2)24-4-6-25(7-5-24)29-26(27-10-8-20(15-27)9-11-27)30-28-16-21-12-22(17-28)14-23(13-21)18-28;1-3-18(2)23-6-8-25(9-7-23)29-27(30-26-14-19-4-5-24(26)13-19)28-15-20-10-21(16-28)12-22(11-20)17-28;1-3-17(2)20-6-8-22(9-7-20)26-24(25-12-10-18(16-25)11-13-25)27-23-15-19-4-5-21(23)14-19;1-3-14(2)16-9-11-17(12-10-16)20-18(19)13-15-7-5-4-6-8-15;3*1-3-8(2)9-4-6-10(11)7-5-9/h4-7,19-23,26H,3,8-18H2,1-2H3;6-9,18-22,24,26-27H,3-5,10-17H2,1-2H3;6-9,17-19,21,23-24H,3-5,10-16H2,1-2H3;4-12,14H,3,13H2,1-2H3;3*4-8,11H,3H2,1-2H3. The molecule has 0 aliphatic heterocycles. The molecular weight excluding hydrogens is 1730 g/mol. The van der Waals surface area contributed by atoms with Gasteiger partial charge in [-0.2, -0.15) is 0 Å². The summed E-state index contributed by atoms with van der Waals surface area (Å²) in [4.78, 5) is 11.8. The first kappa shape index (κ1) is 105. The average molecular weight is 1900 g/mol. The molecule has 11 heteroatoms. The maximum absolute atomic E-state index is 11.8. The fourth-order valence-corrected chi connectivity index (χ4v) is 28.7. The molecule has 0 heterocycles. The van der Waals surface area contributed by atoms with Gasteiger partial charge in [0.2, 0.25) is 18.9 Å². The lowest BCUT2D eigenvalue weighted by Crippen LogP contribution is -2.56. The van der Waals surface area contributed by atoms with Gasteiger partial charge in [0.25, 0.3) is 0 Å². The molecule has 16 aliphatic rings. The molecule has 8 aromatic carbocycles. The summed E-state index contributed by atoms with van der Waals surface area (Å²) in [6, 6.07) is 66.5. The van der Waals surface area contributed by atoms with E-state index in [0.717, 1.165) is 120 Å². The number of esters is 1. The Labute approximate surface area is 845 Å². The molecule has 3 N–H and O–H groups in total. The molecule has 0 aromatic heterocycles. The highest BCUT2D eigenvalue weighted by atomic mass is 16.7. The van der Waals surface area contributed by atoms with Crippen LogP contribution in [0.2, 0.25) is 0 Å². The van der Waals surface area contributed by atoms with Crippen molar-refractivity contribution in [3.8, 4) is 40.2 Å². The summed E-state index contributed by atoms with van der Waals surface area (Å²) in [5.74, 6) is 19.4. The lowest BCUT2D eigenvalue weighted by Gasteiger charge is -2.58. The number of ether oxygens (including phenoxy) is 7. The molecule has 140 heavy (non-hydrogen) atoms. The topological polar surface area (TPSA) is 142 Å². The Bertz CT molecular complexity index is 4860. The van der Waals surface area contributed by atoms with E-state index in [1.165, 1.54) is 251 Å². The first-order chi connectivity index (χ1) is 67.7. The van der Waals surface area contributed by atoms with E-state index in [2.05, 4.69) is 170 Å². The van der Waals surface area contributed by atoms with Crippen LogP contribution in [0.4, 0.5) is 0 Å². The Kier molecular flexibility index (Phi) is 36.1. The molecule has 760 valence electrons. The van der Waals surface area contributed by atoms with Gasteiger partial charge in [0.1, 0.15) is 40.2 Å². The van der Waals surface area contributed by atoms with Gasteiger partial charge in [0, 0.05) is 16.2 Å². The summed E-state index contributed by atoms with van der Waals surface area (Å²) < 4.78 is 46.7. The highest BCUT2D eigenvalue weighted by Crippen LogP contribution is 2.65. The second-order valence-electron chi connectivity index (χ2n) is 47.9. The van der Waals surface area contributed by atoms with Crippen molar-refractivity contribution in [1.82, 2.24) is 0 Å². The third-order valence-corrected chi connectivity index (χ3v) is 38.1. The van der Waals surface area contributed by atoms with E-state index in [9.17, 15) is 4.79 Å². The normalized spacial score (nSPS) is 30.8. The molecule has 16 saturated carbocycles. The van der Waals surface area contributed by atoms with Gasteiger partial charge in [0.15, 0.2) is 0 Å². The van der Waals surface area contributed by atoms with Crippen LogP contribution in [0.3, 0.4) is 0 Å². The third-order valence-electron chi connectivity index (χ3n) is 38.1. The molecule has 16 bridgehead atoms. The van der Waals surface area contributed by atoms with Crippen molar-refractivity contribution < 1.29 is 53.3 Å². The van der Waals surface area contributed by atoms with E-state index < -0.39 is 0 Å². The zero-order chi connectivity index (χ0) is 98.2. The maximum Gasteiger partial charge on any atom is 0.315 e. The first-order valence-electron chi connectivity index (χ1n) is 56.7. The number of fused-ring (bicyclic) bond motifs is 8. The fourth-order valence-electron chi connectivity index (χ4n) is 28.7. The second-order valence-corrected chi connectivity index (χ2v) is 47.9. The molecule has 24 rings (SSSR count). The van der Waals surface area contributed by atoms with Crippen molar-refractivity contribution in [2.45, 2.75) is 419 Å². The third kappa shape index (κ3) is 26.6. The Morgan fingerprint density at radius 2 is 0.557 bits per heavy atom. The van der Waals surface area contributed by atoms with Crippen molar-refractivity contribution in [1.29, 1.82) is 0 Å². The van der Waals surface area contributed by atoms with Crippen molar-refractivity contribution >= 4 is 5.97 Å². The van der Waals surface area contributed by atoms with Crippen molar-refractivity contribution in [2.24, 2.45) is 87.3 Å². The molecule has 16 unspecified atom stereocenters. The molecule has 16 fully saturated rings. The minimum atomic E-state index is -0.229. The lowest BCUT2D eigenvalue weighted by atomic mass is 9.49. The SMILES string of the molecule is CCC(C)c1ccc(O)cc1.CCC(C)c1ccc(O)cc1.CCC(C)c1ccc(O)cc1.CCC(C)c1ccc(OC(=O)Cc2ccccc2)cc1.CCC(C)c1ccc(OC(OC23CC4CC(CC(C4)C2)C3)C23CCC(CC2)C3)cc1.CCC(C)c1ccc(OC(OC2CC3CCC2C3)C23CC4CC(CC(C4)C2)C3)cc1.CCC(C)c1ccc(OC(OC2CC3CCC2C3)C23CCC(CC2)C3)cc1. The minimum Gasteiger partial charge on any atom is -0.508 e. The zero-order valence-corrected chi connectivity index (χ0v) is 88.4. The second kappa shape index (κ2) is 48.3. The van der Waals surface area contributed by atoms with Crippen LogP contribution in [0.15, 0.2) is 200 Å². The summed E-state index contributed by atoms with van der Waals surface area (Å²) in [7, 11) is 0. The number of phenolic OH excluding ortho intramolecular Hbond substituents is 3. The molecule has 0 radical (unpaired) electrons. The average Bonchev–Trinajstić information content (AvgIpc) is 0.932. The van der Waals surface area contributed by atoms with Crippen LogP contribution >= 0.6 is 0 Å². The number of rotatable bonds is 32. The predicted octanol–water partition coefficient (Wildman–Crippen LogP) is 34.6. The van der Waals surface area contributed by atoms with Crippen LogP contribution in [0.25, 0.3) is 0 Å². The zero-order valence-electron chi connectivity index (χ0n) is 88.4. The van der Waals surface area contributed by atoms with Crippen LogP contribution in [-0.4, -0.2) is 58.0 Å². The van der Waals surface area contributed by atoms with Crippen LogP contribution in [0.5, 0.6) is 40.2 Å². The summed E-state index contributed by atoms with van der Waals surface area (Å²) >= 11 is 0.